The van der Waals surface area contributed by atoms with E-state index in [9.17, 15) is 14.4 Å². The fourth-order valence-electron chi connectivity index (χ4n) is 2.11. The van der Waals surface area contributed by atoms with Crippen molar-refractivity contribution < 1.29 is 9.59 Å². The van der Waals surface area contributed by atoms with Gasteiger partial charge in [0.2, 0.25) is 11.8 Å². The lowest BCUT2D eigenvalue weighted by molar-refractivity contribution is -0.128. The lowest BCUT2D eigenvalue weighted by Gasteiger charge is -2.17. The van der Waals surface area contributed by atoms with Crippen LogP contribution in [0.25, 0.3) is 0 Å². The molecule has 0 aliphatic heterocycles. The van der Waals surface area contributed by atoms with Crippen LogP contribution < -0.4 is 10.9 Å². The van der Waals surface area contributed by atoms with E-state index < -0.39 is 0 Å². The van der Waals surface area contributed by atoms with Gasteiger partial charge in [-0.2, -0.15) is 0 Å². The highest BCUT2D eigenvalue weighted by Gasteiger charge is 2.23. The molecule has 0 bridgehead atoms. The molecule has 2 amide bonds. The molecule has 1 aliphatic carbocycles. The summed E-state index contributed by atoms with van der Waals surface area (Å²) in [6, 6.07) is 1.60. The van der Waals surface area contributed by atoms with Gasteiger partial charge in [0.15, 0.2) is 5.16 Å². The van der Waals surface area contributed by atoms with Crippen LogP contribution in [0.5, 0.6) is 0 Å². The summed E-state index contributed by atoms with van der Waals surface area (Å²) < 4.78 is 0. The van der Waals surface area contributed by atoms with Gasteiger partial charge in [-0.15, -0.1) is 0 Å². The van der Waals surface area contributed by atoms with E-state index in [-0.39, 0.29) is 35.6 Å². The predicted octanol–water partition coefficient (Wildman–Crippen LogP) is 0.551. The second-order valence-corrected chi connectivity index (χ2v) is 6.38. The standard InChI is InChI=1S/C15H22N4O3S/c1-3-19(4-2)14(22)9-23-15-17-11(8-13(21)18-15)7-12(20)16-10-5-6-10/h8,10H,3-7,9H2,1-2H3,(H,16,20)(H,17,18,21). The Hall–Kier alpha value is -1.83. The van der Waals surface area contributed by atoms with Crippen molar-refractivity contribution in [2.75, 3.05) is 18.8 Å². The van der Waals surface area contributed by atoms with Crippen molar-refractivity contribution in [3.8, 4) is 0 Å². The lowest BCUT2D eigenvalue weighted by atomic mass is 10.3. The Bertz CT molecular complexity index is 623. The molecule has 0 spiro atoms. The summed E-state index contributed by atoms with van der Waals surface area (Å²) in [4.78, 5) is 44.0. The van der Waals surface area contributed by atoms with E-state index in [1.807, 2.05) is 13.8 Å². The van der Waals surface area contributed by atoms with E-state index in [0.717, 1.165) is 12.8 Å². The van der Waals surface area contributed by atoms with Crippen LogP contribution in [0, 0.1) is 0 Å². The van der Waals surface area contributed by atoms with E-state index in [1.165, 1.54) is 17.8 Å². The number of hydrogen-bond acceptors (Lipinski definition) is 5. The first-order valence-electron chi connectivity index (χ1n) is 7.82. The van der Waals surface area contributed by atoms with Crippen molar-refractivity contribution in [1.82, 2.24) is 20.2 Å². The SMILES string of the molecule is CCN(CC)C(=O)CSc1nc(CC(=O)NC2CC2)cc(=O)[nH]1. The van der Waals surface area contributed by atoms with Crippen LogP contribution >= 0.6 is 11.8 Å². The second kappa shape index (κ2) is 8.14. The highest BCUT2D eigenvalue weighted by atomic mass is 32.2. The number of aromatic nitrogens is 2. The lowest BCUT2D eigenvalue weighted by Crippen LogP contribution is -2.32. The zero-order valence-electron chi connectivity index (χ0n) is 13.4. The number of nitrogens with zero attached hydrogens (tertiary/aromatic N) is 2. The smallest absolute Gasteiger partial charge is 0.251 e. The molecular formula is C15H22N4O3S. The summed E-state index contributed by atoms with van der Waals surface area (Å²) in [6.45, 7) is 5.15. The molecule has 0 saturated heterocycles. The fraction of sp³-hybridized carbons (Fsp3) is 0.600. The number of H-pyrrole nitrogens is 1. The third kappa shape index (κ3) is 5.70. The van der Waals surface area contributed by atoms with Crippen LogP contribution in [0.4, 0.5) is 0 Å². The molecule has 1 aromatic heterocycles. The van der Waals surface area contributed by atoms with Crippen LogP contribution in [-0.2, 0) is 16.0 Å². The van der Waals surface area contributed by atoms with E-state index in [4.69, 9.17) is 0 Å². The average molecular weight is 338 g/mol. The molecule has 1 saturated carbocycles. The van der Waals surface area contributed by atoms with Crippen LogP contribution in [-0.4, -0.2) is 51.6 Å². The van der Waals surface area contributed by atoms with Crippen molar-refractivity contribution in [1.29, 1.82) is 0 Å². The summed E-state index contributed by atoms with van der Waals surface area (Å²) in [6.07, 6.45) is 2.12. The third-order valence-electron chi connectivity index (χ3n) is 3.51. The molecule has 0 unspecified atom stereocenters. The molecule has 1 fully saturated rings. The molecule has 7 nitrogen and oxygen atoms in total. The van der Waals surface area contributed by atoms with Crippen LogP contribution in [0.1, 0.15) is 32.4 Å². The molecule has 1 aromatic rings. The van der Waals surface area contributed by atoms with Crippen molar-refractivity contribution >= 4 is 23.6 Å². The molecule has 2 N–H and O–H groups in total. The largest absolute Gasteiger partial charge is 0.353 e. The topological polar surface area (TPSA) is 95.2 Å². The Kier molecular flexibility index (Phi) is 6.20. The van der Waals surface area contributed by atoms with Gasteiger partial charge in [0.05, 0.1) is 17.9 Å². The van der Waals surface area contributed by atoms with Crippen molar-refractivity contribution in [2.45, 2.75) is 44.3 Å². The van der Waals surface area contributed by atoms with Crippen LogP contribution in [0.2, 0.25) is 0 Å². The number of hydrogen-bond donors (Lipinski definition) is 2. The Morgan fingerprint density at radius 3 is 2.70 bits per heavy atom. The summed E-state index contributed by atoms with van der Waals surface area (Å²) in [5.41, 5.74) is 0.108. The van der Waals surface area contributed by atoms with Gasteiger partial charge in [0, 0.05) is 25.2 Å². The third-order valence-corrected chi connectivity index (χ3v) is 4.36. The van der Waals surface area contributed by atoms with E-state index in [2.05, 4.69) is 15.3 Å². The van der Waals surface area contributed by atoms with Crippen molar-refractivity contribution in [3.63, 3.8) is 0 Å². The Balaban J connectivity index is 1.95. The number of carbonyl (C=O) groups is 2. The van der Waals surface area contributed by atoms with Gasteiger partial charge in [-0.1, -0.05) is 11.8 Å². The van der Waals surface area contributed by atoms with E-state index in [0.29, 0.717) is 23.9 Å². The van der Waals surface area contributed by atoms with Gasteiger partial charge in [-0.3, -0.25) is 14.4 Å². The number of aromatic amines is 1. The van der Waals surface area contributed by atoms with Crippen LogP contribution in [0.3, 0.4) is 0 Å². The minimum Gasteiger partial charge on any atom is -0.353 e. The molecule has 126 valence electrons. The van der Waals surface area contributed by atoms with Crippen molar-refractivity contribution in [3.05, 3.63) is 22.1 Å². The molecule has 1 heterocycles. The maximum atomic E-state index is 12.0. The molecule has 0 atom stereocenters. The molecule has 1 aliphatic rings. The zero-order valence-corrected chi connectivity index (χ0v) is 14.2. The highest BCUT2D eigenvalue weighted by Crippen LogP contribution is 2.18. The van der Waals surface area contributed by atoms with Gasteiger partial charge >= 0.3 is 0 Å². The molecule has 23 heavy (non-hydrogen) atoms. The average Bonchev–Trinajstić information content (AvgIpc) is 3.29. The highest BCUT2D eigenvalue weighted by molar-refractivity contribution is 7.99. The Morgan fingerprint density at radius 1 is 1.39 bits per heavy atom. The maximum absolute atomic E-state index is 12.0. The molecule has 0 aromatic carbocycles. The van der Waals surface area contributed by atoms with Gasteiger partial charge in [0.1, 0.15) is 0 Å². The molecule has 8 heteroatoms. The molecule has 0 radical (unpaired) electrons. The van der Waals surface area contributed by atoms with Gasteiger partial charge in [0.25, 0.3) is 5.56 Å². The summed E-state index contributed by atoms with van der Waals surface area (Å²) in [7, 11) is 0. The second-order valence-electron chi connectivity index (χ2n) is 5.42. The predicted molar refractivity (Wildman–Crippen MR) is 88.4 cm³/mol. The monoisotopic (exact) mass is 338 g/mol. The Labute approximate surface area is 139 Å². The Morgan fingerprint density at radius 2 is 2.09 bits per heavy atom. The maximum Gasteiger partial charge on any atom is 0.251 e. The number of nitrogens with one attached hydrogen (secondary N) is 2. The number of rotatable bonds is 8. The first-order valence-corrected chi connectivity index (χ1v) is 8.80. The summed E-state index contributed by atoms with van der Waals surface area (Å²) >= 11 is 1.18. The number of carbonyl (C=O) groups excluding carboxylic acids is 2. The minimum atomic E-state index is -0.313. The quantitative estimate of drug-likeness (QED) is 0.533. The first kappa shape index (κ1) is 17.5. The zero-order chi connectivity index (χ0) is 16.8. The minimum absolute atomic E-state index is 0.000437. The number of thioether (sulfide) groups is 1. The van der Waals surface area contributed by atoms with E-state index >= 15 is 0 Å². The molecular weight excluding hydrogens is 316 g/mol. The summed E-state index contributed by atoms with van der Waals surface area (Å²) in [5, 5.41) is 3.23. The van der Waals surface area contributed by atoms with Gasteiger partial charge in [-0.05, 0) is 26.7 Å². The van der Waals surface area contributed by atoms with E-state index in [1.54, 1.807) is 4.90 Å². The van der Waals surface area contributed by atoms with Crippen molar-refractivity contribution in [2.24, 2.45) is 0 Å². The number of amides is 2. The van der Waals surface area contributed by atoms with Gasteiger partial charge < -0.3 is 15.2 Å². The normalized spacial score (nSPS) is 13.7. The van der Waals surface area contributed by atoms with Crippen LogP contribution in [0.15, 0.2) is 16.0 Å². The fourth-order valence-corrected chi connectivity index (χ4v) is 2.91. The summed E-state index contributed by atoms with van der Waals surface area (Å²) in [5.74, 6) is 0.0859. The first-order chi connectivity index (χ1) is 11.0. The van der Waals surface area contributed by atoms with Gasteiger partial charge in [-0.25, -0.2) is 4.98 Å². The molecule has 2 rings (SSSR count).